The highest BCUT2D eigenvalue weighted by molar-refractivity contribution is 5.91. The van der Waals surface area contributed by atoms with Crippen LogP contribution < -0.4 is 0 Å². The van der Waals surface area contributed by atoms with Crippen molar-refractivity contribution in [3.8, 4) is 0 Å². The van der Waals surface area contributed by atoms with Gasteiger partial charge in [0.2, 0.25) is 5.79 Å². The molecule has 0 spiro atoms. The number of carbonyl (C=O) groups is 1. The normalized spacial score (nSPS) is 30.1. The maximum atomic E-state index is 11.5. The van der Waals surface area contributed by atoms with Crippen molar-refractivity contribution in [1.29, 1.82) is 0 Å². The fourth-order valence-electron chi connectivity index (χ4n) is 1.65. The number of methoxy groups -OCH3 is 1. The topological polar surface area (TPSA) is 55.8 Å². The van der Waals surface area contributed by atoms with E-state index < -0.39 is 17.2 Å². The molecule has 1 rings (SSSR count). The zero-order valence-electron chi connectivity index (χ0n) is 9.17. The van der Waals surface area contributed by atoms with Crippen LogP contribution in [0, 0.1) is 5.41 Å². The van der Waals surface area contributed by atoms with E-state index in [0.29, 0.717) is 11.3 Å². The zero-order chi connectivity index (χ0) is 11.1. The van der Waals surface area contributed by atoms with Crippen molar-refractivity contribution >= 4 is 5.97 Å². The third-order valence-electron chi connectivity index (χ3n) is 2.88. The van der Waals surface area contributed by atoms with Crippen molar-refractivity contribution in [3.05, 3.63) is 11.3 Å². The van der Waals surface area contributed by atoms with Gasteiger partial charge in [0.25, 0.3) is 0 Å². The number of esters is 1. The number of hydrogen-bond donors (Lipinski definition) is 1. The molecule has 1 unspecified atom stereocenters. The van der Waals surface area contributed by atoms with E-state index in [1.54, 1.807) is 20.8 Å². The molecule has 4 heteroatoms. The van der Waals surface area contributed by atoms with Crippen LogP contribution in [0.3, 0.4) is 0 Å². The van der Waals surface area contributed by atoms with Crippen LogP contribution in [0.4, 0.5) is 0 Å². The first-order valence-electron chi connectivity index (χ1n) is 4.45. The fraction of sp³-hybridized carbons (Fsp3) is 0.700. The molecule has 1 heterocycles. The second-order valence-electron chi connectivity index (χ2n) is 4.13. The minimum Gasteiger partial charge on any atom is -0.466 e. The van der Waals surface area contributed by atoms with E-state index in [2.05, 4.69) is 4.74 Å². The number of rotatable bonds is 1. The lowest BCUT2D eigenvalue weighted by molar-refractivity contribution is -0.199. The first kappa shape index (κ1) is 11.0. The Morgan fingerprint density at radius 2 is 1.93 bits per heavy atom. The van der Waals surface area contributed by atoms with Gasteiger partial charge in [-0.3, -0.25) is 0 Å². The minimum atomic E-state index is -1.36. The molecule has 0 bridgehead atoms. The van der Waals surface area contributed by atoms with Crippen molar-refractivity contribution in [2.75, 3.05) is 7.11 Å². The predicted molar refractivity (Wildman–Crippen MR) is 50.2 cm³/mol. The molecular weight excluding hydrogens is 184 g/mol. The number of aliphatic hydroxyl groups is 1. The number of allylic oxidation sites excluding steroid dienone is 1. The molecule has 0 aromatic carbocycles. The molecule has 1 aliphatic rings. The van der Waals surface area contributed by atoms with Crippen molar-refractivity contribution in [1.82, 2.24) is 0 Å². The highest BCUT2D eigenvalue weighted by atomic mass is 16.6. The van der Waals surface area contributed by atoms with E-state index >= 15 is 0 Å². The van der Waals surface area contributed by atoms with Crippen LogP contribution in [0.5, 0.6) is 0 Å². The molecule has 0 aromatic heterocycles. The van der Waals surface area contributed by atoms with E-state index in [0.717, 1.165) is 0 Å². The third kappa shape index (κ3) is 1.30. The maximum absolute atomic E-state index is 11.5. The molecule has 0 saturated heterocycles. The summed E-state index contributed by atoms with van der Waals surface area (Å²) < 4.78 is 9.88. The summed E-state index contributed by atoms with van der Waals surface area (Å²) in [7, 11) is 1.31. The van der Waals surface area contributed by atoms with Crippen LogP contribution in [0.15, 0.2) is 11.3 Å². The Labute approximate surface area is 83.5 Å². The molecule has 0 aromatic rings. The van der Waals surface area contributed by atoms with Crippen LogP contribution >= 0.6 is 0 Å². The highest BCUT2D eigenvalue weighted by Crippen LogP contribution is 2.47. The van der Waals surface area contributed by atoms with Gasteiger partial charge in [-0.05, 0) is 20.8 Å². The molecule has 0 aliphatic carbocycles. The van der Waals surface area contributed by atoms with Gasteiger partial charge in [0.15, 0.2) is 0 Å². The van der Waals surface area contributed by atoms with Crippen molar-refractivity contribution in [2.24, 2.45) is 5.41 Å². The maximum Gasteiger partial charge on any atom is 0.337 e. The summed E-state index contributed by atoms with van der Waals surface area (Å²) >= 11 is 0. The van der Waals surface area contributed by atoms with Crippen LogP contribution in [0.25, 0.3) is 0 Å². The largest absolute Gasteiger partial charge is 0.466 e. The van der Waals surface area contributed by atoms with Crippen molar-refractivity contribution < 1.29 is 19.4 Å². The molecule has 80 valence electrons. The fourth-order valence-corrected chi connectivity index (χ4v) is 1.65. The molecule has 0 fully saturated rings. The predicted octanol–water partition coefficient (Wildman–Crippen LogP) is 1.20. The lowest BCUT2D eigenvalue weighted by atomic mass is 9.78. The van der Waals surface area contributed by atoms with Crippen LogP contribution in [-0.4, -0.2) is 24.0 Å². The quantitative estimate of drug-likeness (QED) is 0.646. The summed E-state index contributed by atoms with van der Waals surface area (Å²) in [5.74, 6) is -1.39. The summed E-state index contributed by atoms with van der Waals surface area (Å²) in [4.78, 5) is 11.5. The molecule has 1 atom stereocenters. The highest BCUT2D eigenvalue weighted by Gasteiger charge is 2.53. The Bertz CT molecular complexity index is 299. The Morgan fingerprint density at radius 1 is 1.43 bits per heavy atom. The molecule has 1 N–H and O–H groups in total. The summed E-state index contributed by atoms with van der Waals surface area (Å²) in [6, 6.07) is 0. The first-order valence-corrected chi connectivity index (χ1v) is 4.45. The van der Waals surface area contributed by atoms with Gasteiger partial charge in [-0.15, -0.1) is 0 Å². The van der Waals surface area contributed by atoms with E-state index in [1.165, 1.54) is 14.0 Å². The van der Waals surface area contributed by atoms with Crippen LogP contribution in [-0.2, 0) is 14.3 Å². The Morgan fingerprint density at radius 3 is 2.21 bits per heavy atom. The second kappa shape index (κ2) is 2.98. The van der Waals surface area contributed by atoms with E-state index in [9.17, 15) is 9.90 Å². The van der Waals surface area contributed by atoms with Crippen LogP contribution in [0.2, 0.25) is 0 Å². The zero-order valence-corrected chi connectivity index (χ0v) is 9.17. The first-order chi connectivity index (χ1) is 6.24. The van der Waals surface area contributed by atoms with Crippen molar-refractivity contribution in [3.63, 3.8) is 0 Å². The number of hydrogen-bond acceptors (Lipinski definition) is 4. The summed E-state index contributed by atoms with van der Waals surface area (Å²) in [5.41, 5.74) is -0.366. The smallest absolute Gasteiger partial charge is 0.337 e. The van der Waals surface area contributed by atoms with Gasteiger partial charge in [-0.25, -0.2) is 4.79 Å². The Hall–Kier alpha value is -1.03. The number of carbonyl (C=O) groups excluding carboxylic acids is 1. The molecule has 4 nitrogen and oxygen atoms in total. The Kier molecular flexibility index (Phi) is 2.35. The standard InChI is InChI=1S/C10H16O4/c1-6-7(8(11)13-5)9(2,3)10(4,12)14-6/h12H,1-5H3. The van der Waals surface area contributed by atoms with Gasteiger partial charge >= 0.3 is 5.97 Å². The second-order valence-corrected chi connectivity index (χ2v) is 4.13. The lowest BCUT2D eigenvalue weighted by Crippen LogP contribution is -2.41. The Balaban J connectivity index is 3.17. The molecule has 0 radical (unpaired) electrons. The van der Waals surface area contributed by atoms with Gasteiger partial charge in [0.1, 0.15) is 5.76 Å². The summed E-state index contributed by atoms with van der Waals surface area (Å²) in [5, 5.41) is 9.94. The minimum absolute atomic E-state index is 0.394. The SMILES string of the molecule is COC(=O)C1=C(C)OC(C)(O)C1(C)C. The third-order valence-corrected chi connectivity index (χ3v) is 2.88. The van der Waals surface area contributed by atoms with Crippen LogP contribution in [0.1, 0.15) is 27.7 Å². The van der Waals surface area contributed by atoms with Gasteiger partial charge < -0.3 is 14.6 Å². The molecular formula is C10H16O4. The average Bonchev–Trinajstić information content (AvgIpc) is 2.16. The van der Waals surface area contributed by atoms with E-state index in [-0.39, 0.29) is 0 Å². The van der Waals surface area contributed by atoms with Crippen molar-refractivity contribution in [2.45, 2.75) is 33.5 Å². The number of ether oxygens (including phenoxy) is 2. The van der Waals surface area contributed by atoms with E-state index in [1.807, 2.05) is 0 Å². The van der Waals surface area contributed by atoms with E-state index in [4.69, 9.17) is 4.74 Å². The molecule has 0 amide bonds. The van der Waals surface area contributed by atoms with Gasteiger partial charge in [-0.2, -0.15) is 0 Å². The summed E-state index contributed by atoms with van der Waals surface area (Å²) in [6.45, 7) is 6.67. The summed E-state index contributed by atoms with van der Waals surface area (Å²) in [6.07, 6.45) is 0. The average molecular weight is 200 g/mol. The van der Waals surface area contributed by atoms with Gasteiger partial charge in [-0.1, -0.05) is 0 Å². The van der Waals surface area contributed by atoms with Gasteiger partial charge in [0, 0.05) is 6.92 Å². The van der Waals surface area contributed by atoms with Gasteiger partial charge in [0.05, 0.1) is 18.1 Å². The molecule has 0 saturated carbocycles. The molecule has 1 aliphatic heterocycles. The monoisotopic (exact) mass is 200 g/mol. The lowest BCUT2D eigenvalue weighted by Gasteiger charge is -2.32. The molecule has 14 heavy (non-hydrogen) atoms.